The zero-order valence-electron chi connectivity index (χ0n) is 12.8. The van der Waals surface area contributed by atoms with E-state index < -0.39 is 0 Å². The molecule has 1 aromatic rings. The lowest BCUT2D eigenvalue weighted by Crippen LogP contribution is -2.30. The molecule has 0 aliphatic carbocycles. The minimum Gasteiger partial charge on any atom is -0.381 e. The predicted molar refractivity (Wildman–Crippen MR) is 80.8 cm³/mol. The molecule has 0 aromatic carbocycles. The summed E-state index contributed by atoms with van der Waals surface area (Å²) in [6.07, 6.45) is 2.29. The second kappa shape index (κ2) is 7.55. The minimum atomic E-state index is 0.465. The molecular formula is C15H26N4O. The van der Waals surface area contributed by atoms with E-state index in [0.717, 1.165) is 50.7 Å². The number of nitrogens with one attached hydrogen (secondary N) is 1. The van der Waals surface area contributed by atoms with Gasteiger partial charge in [-0.15, -0.1) is 5.10 Å². The van der Waals surface area contributed by atoms with Gasteiger partial charge in [-0.2, -0.15) is 5.10 Å². The normalized spacial score (nSPS) is 16.6. The fourth-order valence-corrected chi connectivity index (χ4v) is 2.37. The van der Waals surface area contributed by atoms with Crippen LogP contribution in [-0.2, 0) is 11.3 Å². The summed E-state index contributed by atoms with van der Waals surface area (Å²) in [6.45, 7) is 7.84. The van der Waals surface area contributed by atoms with E-state index >= 15 is 0 Å². The SMILES string of the molecule is CC(C)NCc1ccc(N(C)CC2CCOCC2)nn1. The van der Waals surface area contributed by atoms with Crippen LogP contribution in [0.25, 0.3) is 0 Å². The molecule has 5 nitrogen and oxygen atoms in total. The lowest BCUT2D eigenvalue weighted by atomic mass is 10.00. The molecule has 0 unspecified atom stereocenters. The number of hydrogen-bond acceptors (Lipinski definition) is 5. The van der Waals surface area contributed by atoms with Crippen molar-refractivity contribution in [2.24, 2.45) is 5.92 Å². The molecular weight excluding hydrogens is 252 g/mol. The summed E-state index contributed by atoms with van der Waals surface area (Å²) in [4.78, 5) is 2.20. The van der Waals surface area contributed by atoms with Gasteiger partial charge in [0.2, 0.25) is 0 Å². The maximum atomic E-state index is 5.40. The highest BCUT2D eigenvalue weighted by Crippen LogP contribution is 2.18. The molecule has 112 valence electrons. The summed E-state index contributed by atoms with van der Waals surface area (Å²) in [7, 11) is 2.09. The Hall–Kier alpha value is -1.20. The van der Waals surface area contributed by atoms with Crippen LogP contribution in [-0.4, -0.2) is 43.0 Å². The Morgan fingerprint density at radius 1 is 1.30 bits per heavy atom. The highest BCUT2D eigenvalue weighted by atomic mass is 16.5. The van der Waals surface area contributed by atoms with Crippen LogP contribution in [0, 0.1) is 5.92 Å². The molecule has 1 saturated heterocycles. The Morgan fingerprint density at radius 2 is 2.05 bits per heavy atom. The van der Waals surface area contributed by atoms with Gasteiger partial charge in [-0.25, -0.2) is 0 Å². The number of aromatic nitrogens is 2. The quantitative estimate of drug-likeness (QED) is 0.860. The van der Waals surface area contributed by atoms with Crippen molar-refractivity contribution in [2.75, 3.05) is 31.7 Å². The molecule has 5 heteroatoms. The number of hydrogen-bond donors (Lipinski definition) is 1. The monoisotopic (exact) mass is 278 g/mol. The van der Waals surface area contributed by atoms with Gasteiger partial charge in [0.15, 0.2) is 5.82 Å². The summed E-state index contributed by atoms with van der Waals surface area (Å²) < 4.78 is 5.40. The molecule has 2 rings (SSSR count). The average Bonchev–Trinajstić information content (AvgIpc) is 2.46. The van der Waals surface area contributed by atoms with Crippen molar-refractivity contribution in [3.8, 4) is 0 Å². The van der Waals surface area contributed by atoms with Crippen LogP contribution in [0.1, 0.15) is 32.4 Å². The Morgan fingerprint density at radius 3 is 2.65 bits per heavy atom. The molecule has 0 amide bonds. The first kappa shape index (κ1) is 15.2. The molecule has 20 heavy (non-hydrogen) atoms. The van der Waals surface area contributed by atoms with E-state index in [-0.39, 0.29) is 0 Å². The van der Waals surface area contributed by atoms with Gasteiger partial charge in [-0.05, 0) is 30.9 Å². The van der Waals surface area contributed by atoms with Crippen LogP contribution in [0.15, 0.2) is 12.1 Å². The van der Waals surface area contributed by atoms with Gasteiger partial charge in [0, 0.05) is 39.4 Å². The van der Waals surface area contributed by atoms with Crippen molar-refractivity contribution < 1.29 is 4.74 Å². The second-order valence-corrected chi connectivity index (χ2v) is 5.85. The van der Waals surface area contributed by atoms with Gasteiger partial charge in [0.05, 0.1) is 5.69 Å². The lowest BCUT2D eigenvalue weighted by molar-refractivity contribution is 0.0685. The average molecular weight is 278 g/mol. The van der Waals surface area contributed by atoms with E-state index in [9.17, 15) is 0 Å². The third-order valence-electron chi connectivity index (χ3n) is 3.66. The van der Waals surface area contributed by atoms with Crippen LogP contribution in [0.2, 0.25) is 0 Å². The number of ether oxygens (including phenoxy) is 1. The Labute approximate surface area is 121 Å². The first-order chi connectivity index (χ1) is 9.65. The van der Waals surface area contributed by atoms with Crippen molar-refractivity contribution in [2.45, 2.75) is 39.3 Å². The Bertz CT molecular complexity index is 387. The van der Waals surface area contributed by atoms with Crippen molar-refractivity contribution >= 4 is 5.82 Å². The van der Waals surface area contributed by atoms with Gasteiger partial charge in [-0.1, -0.05) is 13.8 Å². The second-order valence-electron chi connectivity index (χ2n) is 5.85. The molecule has 0 radical (unpaired) electrons. The van der Waals surface area contributed by atoms with Gasteiger partial charge >= 0.3 is 0 Å². The molecule has 1 fully saturated rings. The maximum Gasteiger partial charge on any atom is 0.150 e. The van der Waals surface area contributed by atoms with E-state index in [0.29, 0.717) is 12.0 Å². The number of rotatable bonds is 6. The molecule has 0 atom stereocenters. The van der Waals surface area contributed by atoms with Crippen LogP contribution < -0.4 is 10.2 Å². The first-order valence-electron chi connectivity index (χ1n) is 7.50. The molecule has 1 aliphatic rings. The summed E-state index contributed by atoms with van der Waals surface area (Å²) in [5.41, 5.74) is 0.988. The van der Waals surface area contributed by atoms with Crippen LogP contribution >= 0.6 is 0 Å². The van der Waals surface area contributed by atoms with Gasteiger partial charge in [0.1, 0.15) is 0 Å². The summed E-state index contributed by atoms with van der Waals surface area (Å²) in [6, 6.07) is 4.58. The third-order valence-corrected chi connectivity index (χ3v) is 3.66. The minimum absolute atomic E-state index is 0.465. The fourth-order valence-electron chi connectivity index (χ4n) is 2.37. The maximum absolute atomic E-state index is 5.40. The van der Waals surface area contributed by atoms with Crippen LogP contribution in [0.4, 0.5) is 5.82 Å². The smallest absolute Gasteiger partial charge is 0.150 e. The molecule has 0 saturated carbocycles. The third kappa shape index (κ3) is 4.72. The molecule has 0 bridgehead atoms. The first-order valence-corrected chi connectivity index (χ1v) is 7.50. The zero-order chi connectivity index (χ0) is 14.4. The van der Waals surface area contributed by atoms with Gasteiger partial charge in [-0.3, -0.25) is 0 Å². The molecule has 2 heterocycles. The largest absolute Gasteiger partial charge is 0.381 e. The highest BCUT2D eigenvalue weighted by Gasteiger charge is 2.16. The van der Waals surface area contributed by atoms with E-state index in [1.807, 2.05) is 0 Å². The zero-order valence-corrected chi connectivity index (χ0v) is 12.8. The van der Waals surface area contributed by atoms with E-state index in [1.54, 1.807) is 0 Å². The molecule has 1 aromatic heterocycles. The van der Waals surface area contributed by atoms with E-state index in [2.05, 4.69) is 53.4 Å². The van der Waals surface area contributed by atoms with Crippen molar-refractivity contribution in [1.82, 2.24) is 15.5 Å². The number of nitrogens with zero attached hydrogens (tertiary/aromatic N) is 3. The molecule has 1 N–H and O–H groups in total. The summed E-state index contributed by atoms with van der Waals surface area (Å²) >= 11 is 0. The van der Waals surface area contributed by atoms with Crippen molar-refractivity contribution in [3.05, 3.63) is 17.8 Å². The van der Waals surface area contributed by atoms with Gasteiger partial charge in [0.25, 0.3) is 0 Å². The van der Waals surface area contributed by atoms with Crippen LogP contribution in [0.3, 0.4) is 0 Å². The standard InChI is InChI=1S/C15H26N4O/c1-12(2)16-10-14-4-5-15(18-17-14)19(3)11-13-6-8-20-9-7-13/h4-5,12-13,16H,6-11H2,1-3H3. The summed E-state index contributed by atoms with van der Waals surface area (Å²) in [5, 5.41) is 12.0. The molecule has 1 aliphatic heterocycles. The highest BCUT2D eigenvalue weighted by molar-refractivity contribution is 5.36. The topological polar surface area (TPSA) is 50.3 Å². The Balaban J connectivity index is 1.84. The molecule has 0 spiro atoms. The fraction of sp³-hybridized carbons (Fsp3) is 0.733. The Kier molecular flexibility index (Phi) is 5.73. The van der Waals surface area contributed by atoms with Crippen LogP contribution in [0.5, 0.6) is 0 Å². The van der Waals surface area contributed by atoms with Gasteiger partial charge < -0.3 is 15.0 Å². The predicted octanol–water partition coefficient (Wildman–Crippen LogP) is 1.84. The summed E-state index contributed by atoms with van der Waals surface area (Å²) in [5.74, 6) is 1.66. The lowest BCUT2D eigenvalue weighted by Gasteiger charge is -2.27. The number of anilines is 1. The van der Waals surface area contributed by atoms with Crippen molar-refractivity contribution in [3.63, 3.8) is 0 Å². The van der Waals surface area contributed by atoms with Crippen molar-refractivity contribution in [1.29, 1.82) is 0 Å². The van der Waals surface area contributed by atoms with E-state index in [4.69, 9.17) is 4.74 Å². The van der Waals surface area contributed by atoms with E-state index in [1.165, 1.54) is 0 Å².